The molecular weight excluding hydrogens is 261 g/mol. The second-order valence-electron chi connectivity index (χ2n) is 4.25. The van der Waals surface area contributed by atoms with E-state index in [4.69, 9.17) is 5.11 Å². The van der Waals surface area contributed by atoms with E-state index in [0.717, 1.165) is 0 Å². The van der Waals surface area contributed by atoms with Crippen molar-refractivity contribution in [2.45, 2.75) is 39.1 Å². The van der Waals surface area contributed by atoms with Gasteiger partial charge in [0.05, 0.1) is 12.3 Å². The number of aryl methyl sites for hydroxylation is 1. The van der Waals surface area contributed by atoms with Crippen molar-refractivity contribution < 1.29 is 23.4 Å². The maximum absolute atomic E-state index is 11.9. The van der Waals surface area contributed by atoms with E-state index >= 15 is 0 Å². The van der Waals surface area contributed by atoms with Gasteiger partial charge in [-0.1, -0.05) is 0 Å². The quantitative estimate of drug-likeness (QED) is 0.697. The second kappa shape index (κ2) is 6.72. The standard InChI is InChI=1S/C12H17F3N2O2/c1-8-11(19)10(9(7-18)5-17-8)6-16-4-2-3-12(13,14)15/h5,16,18-19H,2-4,6-7H2,1H3. The summed E-state index contributed by atoms with van der Waals surface area (Å²) >= 11 is 0. The molecule has 0 radical (unpaired) electrons. The van der Waals surface area contributed by atoms with Gasteiger partial charge in [-0.3, -0.25) is 4.98 Å². The number of nitrogens with one attached hydrogen (secondary N) is 1. The molecular formula is C12H17F3N2O2. The molecule has 4 nitrogen and oxygen atoms in total. The highest BCUT2D eigenvalue weighted by Gasteiger charge is 2.25. The van der Waals surface area contributed by atoms with Crippen LogP contribution in [0.25, 0.3) is 0 Å². The monoisotopic (exact) mass is 278 g/mol. The molecule has 0 unspecified atom stereocenters. The van der Waals surface area contributed by atoms with Crippen LogP contribution in [-0.2, 0) is 13.2 Å². The summed E-state index contributed by atoms with van der Waals surface area (Å²) in [4.78, 5) is 3.90. The van der Waals surface area contributed by atoms with E-state index in [9.17, 15) is 18.3 Å². The lowest BCUT2D eigenvalue weighted by atomic mass is 10.1. The summed E-state index contributed by atoms with van der Waals surface area (Å²) in [5.41, 5.74) is 1.36. The minimum absolute atomic E-state index is 0.0250. The third-order valence-corrected chi connectivity index (χ3v) is 2.72. The Bertz CT molecular complexity index is 422. The highest BCUT2D eigenvalue weighted by atomic mass is 19.4. The van der Waals surface area contributed by atoms with E-state index < -0.39 is 12.6 Å². The van der Waals surface area contributed by atoms with E-state index in [2.05, 4.69) is 10.3 Å². The van der Waals surface area contributed by atoms with Crippen molar-refractivity contribution in [3.63, 3.8) is 0 Å². The molecule has 0 aromatic carbocycles. The maximum atomic E-state index is 11.9. The van der Waals surface area contributed by atoms with Crippen molar-refractivity contribution in [1.82, 2.24) is 10.3 Å². The van der Waals surface area contributed by atoms with Crippen LogP contribution in [0.3, 0.4) is 0 Å². The minimum atomic E-state index is -4.15. The Hall–Kier alpha value is -1.34. The van der Waals surface area contributed by atoms with Crippen molar-refractivity contribution >= 4 is 0 Å². The average Bonchev–Trinajstić information content (AvgIpc) is 2.32. The van der Waals surface area contributed by atoms with Gasteiger partial charge < -0.3 is 15.5 Å². The zero-order valence-electron chi connectivity index (χ0n) is 10.6. The molecule has 0 aliphatic heterocycles. The van der Waals surface area contributed by atoms with Gasteiger partial charge in [-0.15, -0.1) is 0 Å². The SMILES string of the molecule is Cc1ncc(CO)c(CNCCCC(F)(F)F)c1O. The molecule has 19 heavy (non-hydrogen) atoms. The number of alkyl halides is 3. The van der Waals surface area contributed by atoms with Gasteiger partial charge in [-0.05, 0) is 19.9 Å². The van der Waals surface area contributed by atoms with E-state index in [1.165, 1.54) is 6.20 Å². The zero-order chi connectivity index (χ0) is 14.5. The summed E-state index contributed by atoms with van der Waals surface area (Å²) in [6, 6.07) is 0. The first-order valence-corrected chi connectivity index (χ1v) is 5.90. The van der Waals surface area contributed by atoms with Gasteiger partial charge in [0.2, 0.25) is 0 Å². The molecule has 0 aliphatic carbocycles. The number of halogens is 3. The van der Waals surface area contributed by atoms with Crippen LogP contribution in [0.4, 0.5) is 13.2 Å². The van der Waals surface area contributed by atoms with Crippen LogP contribution >= 0.6 is 0 Å². The van der Waals surface area contributed by atoms with Gasteiger partial charge >= 0.3 is 6.18 Å². The van der Waals surface area contributed by atoms with Gasteiger partial charge in [-0.25, -0.2) is 0 Å². The average molecular weight is 278 g/mol. The number of pyridine rings is 1. The number of aromatic nitrogens is 1. The Labute approximate surface area is 109 Å². The lowest BCUT2D eigenvalue weighted by Gasteiger charge is -2.12. The summed E-state index contributed by atoms with van der Waals surface area (Å²) in [7, 11) is 0. The van der Waals surface area contributed by atoms with Gasteiger partial charge in [0.25, 0.3) is 0 Å². The fourth-order valence-corrected chi connectivity index (χ4v) is 1.64. The third-order valence-electron chi connectivity index (χ3n) is 2.72. The fraction of sp³-hybridized carbons (Fsp3) is 0.583. The van der Waals surface area contributed by atoms with Crippen LogP contribution in [0.2, 0.25) is 0 Å². The first-order chi connectivity index (χ1) is 8.85. The summed E-state index contributed by atoms with van der Waals surface area (Å²) in [6.07, 6.45) is -3.56. The molecule has 108 valence electrons. The number of aliphatic hydroxyl groups is 1. The molecule has 7 heteroatoms. The number of hydrogen-bond acceptors (Lipinski definition) is 4. The van der Waals surface area contributed by atoms with Gasteiger partial charge in [0.1, 0.15) is 5.75 Å². The molecule has 1 aromatic heterocycles. The minimum Gasteiger partial charge on any atom is -0.506 e. The number of nitrogens with zero attached hydrogens (tertiary/aromatic N) is 1. The molecule has 0 saturated heterocycles. The lowest BCUT2D eigenvalue weighted by molar-refractivity contribution is -0.135. The normalized spacial score (nSPS) is 11.8. The Morgan fingerprint density at radius 1 is 1.37 bits per heavy atom. The highest BCUT2D eigenvalue weighted by Crippen LogP contribution is 2.24. The summed E-state index contributed by atoms with van der Waals surface area (Å²) in [6.45, 7) is 1.72. The number of aliphatic hydroxyl groups excluding tert-OH is 1. The zero-order valence-corrected chi connectivity index (χ0v) is 10.6. The van der Waals surface area contributed by atoms with Crippen molar-refractivity contribution in [2.24, 2.45) is 0 Å². The van der Waals surface area contributed by atoms with Crippen molar-refractivity contribution in [1.29, 1.82) is 0 Å². The first-order valence-electron chi connectivity index (χ1n) is 5.90. The number of hydrogen-bond donors (Lipinski definition) is 3. The first kappa shape index (κ1) is 15.7. The predicted molar refractivity (Wildman–Crippen MR) is 63.6 cm³/mol. The summed E-state index contributed by atoms with van der Waals surface area (Å²) in [5.74, 6) is -0.0325. The molecule has 1 heterocycles. The summed E-state index contributed by atoms with van der Waals surface area (Å²) in [5, 5.41) is 21.7. The Morgan fingerprint density at radius 3 is 2.63 bits per heavy atom. The van der Waals surface area contributed by atoms with Crippen LogP contribution in [0, 0.1) is 6.92 Å². The molecule has 3 N–H and O–H groups in total. The van der Waals surface area contributed by atoms with Crippen LogP contribution in [-0.4, -0.2) is 27.9 Å². The molecule has 0 bridgehead atoms. The van der Waals surface area contributed by atoms with Gasteiger partial charge in [-0.2, -0.15) is 13.2 Å². The largest absolute Gasteiger partial charge is 0.506 e. The predicted octanol–water partition coefficient (Wildman–Crippen LogP) is 2.02. The fourth-order valence-electron chi connectivity index (χ4n) is 1.64. The molecule has 0 spiro atoms. The molecule has 0 saturated carbocycles. The van der Waals surface area contributed by atoms with Crippen LogP contribution in [0.15, 0.2) is 6.20 Å². The summed E-state index contributed by atoms with van der Waals surface area (Å²) < 4.78 is 35.8. The van der Waals surface area contributed by atoms with E-state index in [-0.39, 0.29) is 31.9 Å². The van der Waals surface area contributed by atoms with E-state index in [1.807, 2.05) is 0 Å². The molecule has 0 amide bonds. The Morgan fingerprint density at radius 2 is 2.05 bits per heavy atom. The lowest BCUT2D eigenvalue weighted by Crippen LogP contribution is -2.19. The topological polar surface area (TPSA) is 65.4 Å². The smallest absolute Gasteiger partial charge is 0.389 e. The molecule has 0 aliphatic rings. The van der Waals surface area contributed by atoms with Crippen molar-refractivity contribution in [3.8, 4) is 5.75 Å². The second-order valence-corrected chi connectivity index (χ2v) is 4.25. The van der Waals surface area contributed by atoms with Crippen molar-refractivity contribution in [3.05, 3.63) is 23.0 Å². The van der Waals surface area contributed by atoms with Crippen LogP contribution in [0.1, 0.15) is 29.7 Å². The third kappa shape index (κ3) is 5.04. The van der Waals surface area contributed by atoms with Gasteiger partial charge in [0, 0.05) is 30.3 Å². The van der Waals surface area contributed by atoms with Crippen LogP contribution < -0.4 is 5.32 Å². The van der Waals surface area contributed by atoms with Crippen molar-refractivity contribution in [2.75, 3.05) is 6.54 Å². The molecule has 0 fully saturated rings. The Balaban J connectivity index is 2.51. The molecule has 1 aromatic rings. The molecule has 0 atom stereocenters. The number of aromatic hydroxyl groups is 1. The Kier molecular flexibility index (Phi) is 5.56. The van der Waals surface area contributed by atoms with E-state index in [0.29, 0.717) is 16.8 Å². The number of rotatable bonds is 6. The maximum Gasteiger partial charge on any atom is 0.389 e. The van der Waals surface area contributed by atoms with Gasteiger partial charge in [0.15, 0.2) is 0 Å². The molecule has 1 rings (SSSR count). The van der Waals surface area contributed by atoms with Crippen LogP contribution in [0.5, 0.6) is 5.75 Å². The highest BCUT2D eigenvalue weighted by molar-refractivity contribution is 5.40. The van der Waals surface area contributed by atoms with E-state index in [1.54, 1.807) is 6.92 Å².